The van der Waals surface area contributed by atoms with Crippen molar-refractivity contribution in [3.05, 3.63) is 50.5 Å². The van der Waals surface area contributed by atoms with E-state index < -0.39 is 10.8 Å². The Morgan fingerprint density at radius 1 is 1.50 bits per heavy atom. The molecule has 0 unspecified atom stereocenters. The molecule has 0 bridgehead atoms. The van der Waals surface area contributed by atoms with Crippen molar-refractivity contribution >= 4 is 23.2 Å². The van der Waals surface area contributed by atoms with E-state index >= 15 is 0 Å². The van der Waals surface area contributed by atoms with E-state index in [1.54, 1.807) is 12.1 Å². The molecule has 2 N–H and O–H groups in total. The molecule has 0 saturated heterocycles. The number of aryl methyl sites for hydroxylation is 1. The summed E-state index contributed by atoms with van der Waals surface area (Å²) in [4.78, 5) is 26.5. The fourth-order valence-electron chi connectivity index (χ4n) is 1.93. The maximum Gasteiger partial charge on any atom is 0.322 e. The number of nitro groups is 1. The van der Waals surface area contributed by atoms with Crippen molar-refractivity contribution < 1.29 is 9.72 Å². The van der Waals surface area contributed by atoms with Crippen molar-refractivity contribution in [3.63, 3.8) is 0 Å². The van der Waals surface area contributed by atoms with Gasteiger partial charge in [-0.25, -0.2) is 4.98 Å². The van der Waals surface area contributed by atoms with Crippen LogP contribution in [0, 0.1) is 10.1 Å². The van der Waals surface area contributed by atoms with E-state index in [1.807, 2.05) is 6.92 Å². The first-order valence-electron chi connectivity index (χ1n) is 6.63. The van der Waals surface area contributed by atoms with Crippen molar-refractivity contribution in [3.8, 4) is 0 Å². The number of carbonyl (C=O) groups excluding carboxylic acids is 1. The van der Waals surface area contributed by atoms with Crippen LogP contribution in [0.1, 0.15) is 35.1 Å². The van der Waals surface area contributed by atoms with Crippen LogP contribution in [-0.2, 0) is 13.0 Å². The number of aromatic amines is 1. The smallest absolute Gasteiger partial charge is 0.322 e. The number of hydrogen-bond donors (Lipinski definition) is 2. The van der Waals surface area contributed by atoms with Crippen LogP contribution in [0.15, 0.2) is 18.3 Å². The summed E-state index contributed by atoms with van der Waals surface area (Å²) in [5.74, 6) is -0.611. The lowest BCUT2D eigenvalue weighted by atomic mass is 10.2. The van der Waals surface area contributed by atoms with Crippen molar-refractivity contribution in [1.29, 1.82) is 0 Å². The quantitative estimate of drug-likeness (QED) is 0.480. The zero-order valence-corrected chi connectivity index (χ0v) is 12.6. The highest BCUT2D eigenvalue weighted by Crippen LogP contribution is 2.22. The molecule has 0 atom stereocenters. The zero-order valence-electron chi connectivity index (χ0n) is 11.8. The van der Waals surface area contributed by atoms with Gasteiger partial charge in [0.15, 0.2) is 0 Å². The van der Waals surface area contributed by atoms with Gasteiger partial charge in [0, 0.05) is 12.7 Å². The number of rotatable bonds is 6. The number of nitrogens with zero attached hydrogens (tertiary/aromatic N) is 3. The first-order valence-corrected chi connectivity index (χ1v) is 7.01. The van der Waals surface area contributed by atoms with E-state index in [0.717, 1.165) is 5.56 Å². The lowest BCUT2D eigenvalue weighted by molar-refractivity contribution is -0.385. The van der Waals surface area contributed by atoms with Gasteiger partial charge in [-0.1, -0.05) is 31.0 Å². The van der Waals surface area contributed by atoms with E-state index in [4.69, 9.17) is 11.6 Å². The minimum atomic E-state index is -0.611. The minimum Gasteiger partial charge on any atom is -0.346 e. The Bertz CT molecular complexity index is 683. The van der Waals surface area contributed by atoms with Gasteiger partial charge in [0.2, 0.25) is 5.69 Å². The average molecular weight is 324 g/mol. The van der Waals surface area contributed by atoms with Crippen LogP contribution in [0.2, 0.25) is 5.15 Å². The monoisotopic (exact) mass is 323 g/mol. The number of pyridine rings is 1. The van der Waals surface area contributed by atoms with Crippen LogP contribution in [0.4, 0.5) is 5.69 Å². The van der Waals surface area contributed by atoms with Gasteiger partial charge in [-0.15, -0.1) is 0 Å². The second-order valence-corrected chi connectivity index (χ2v) is 4.97. The van der Waals surface area contributed by atoms with Gasteiger partial charge in [-0.05, 0) is 18.1 Å². The summed E-state index contributed by atoms with van der Waals surface area (Å²) in [6, 6.07) is 3.30. The minimum absolute atomic E-state index is 0.177. The molecule has 0 aliphatic carbocycles. The fourth-order valence-corrected chi connectivity index (χ4v) is 2.04. The topological polar surface area (TPSA) is 114 Å². The Kier molecular flexibility index (Phi) is 5.05. The standard InChI is InChI=1S/C13H14ClN5O3/c1-2-3-9-12(19(21)22)11(18-17-9)13(20)16-7-8-4-5-10(14)15-6-8/h4-6H,2-3,7H2,1H3,(H,16,20)(H,17,18). The van der Waals surface area contributed by atoms with Gasteiger partial charge in [0.25, 0.3) is 5.91 Å². The first-order chi connectivity index (χ1) is 10.5. The summed E-state index contributed by atoms with van der Waals surface area (Å²) in [5.41, 5.74) is 0.597. The number of H-pyrrole nitrogens is 1. The third kappa shape index (κ3) is 3.59. The second kappa shape index (κ2) is 6.99. The molecule has 116 valence electrons. The Labute approximate surface area is 131 Å². The number of aromatic nitrogens is 3. The summed E-state index contributed by atoms with van der Waals surface area (Å²) in [6.07, 6.45) is 2.68. The molecule has 0 aliphatic heterocycles. The van der Waals surface area contributed by atoms with Crippen molar-refractivity contribution in [2.75, 3.05) is 0 Å². The Morgan fingerprint density at radius 3 is 2.86 bits per heavy atom. The lowest BCUT2D eigenvalue weighted by Gasteiger charge is -2.03. The van der Waals surface area contributed by atoms with Crippen LogP contribution in [0.5, 0.6) is 0 Å². The summed E-state index contributed by atoms with van der Waals surface area (Å²) in [5, 5.41) is 20.4. The largest absolute Gasteiger partial charge is 0.346 e. The van der Waals surface area contributed by atoms with Crippen LogP contribution < -0.4 is 5.32 Å². The van der Waals surface area contributed by atoms with Gasteiger partial charge in [0.1, 0.15) is 10.8 Å². The highest BCUT2D eigenvalue weighted by Gasteiger charge is 2.28. The fraction of sp³-hybridized carbons (Fsp3) is 0.308. The van der Waals surface area contributed by atoms with Crippen molar-refractivity contribution in [2.45, 2.75) is 26.3 Å². The van der Waals surface area contributed by atoms with Crippen LogP contribution in [0.3, 0.4) is 0 Å². The molecule has 0 radical (unpaired) electrons. The maximum absolute atomic E-state index is 12.1. The van der Waals surface area contributed by atoms with Gasteiger partial charge < -0.3 is 5.32 Å². The third-order valence-corrected chi connectivity index (χ3v) is 3.18. The predicted molar refractivity (Wildman–Crippen MR) is 79.7 cm³/mol. The predicted octanol–water partition coefficient (Wildman–Crippen LogP) is 2.25. The van der Waals surface area contributed by atoms with Gasteiger partial charge in [-0.2, -0.15) is 5.10 Å². The molecule has 0 saturated carbocycles. The summed E-state index contributed by atoms with van der Waals surface area (Å²) in [7, 11) is 0. The second-order valence-electron chi connectivity index (χ2n) is 4.58. The van der Waals surface area contributed by atoms with Gasteiger partial charge >= 0.3 is 5.69 Å². The number of carbonyl (C=O) groups is 1. The Morgan fingerprint density at radius 2 is 2.27 bits per heavy atom. The molecule has 0 fully saturated rings. The Balaban J connectivity index is 2.12. The molecular formula is C13H14ClN5O3. The lowest BCUT2D eigenvalue weighted by Crippen LogP contribution is -2.24. The number of halogens is 1. The first kappa shape index (κ1) is 15.9. The molecule has 22 heavy (non-hydrogen) atoms. The number of amides is 1. The summed E-state index contributed by atoms with van der Waals surface area (Å²) >= 11 is 5.67. The third-order valence-electron chi connectivity index (χ3n) is 2.95. The molecular weight excluding hydrogens is 310 g/mol. The van der Waals surface area contributed by atoms with Crippen molar-refractivity contribution in [1.82, 2.24) is 20.5 Å². The Hall–Kier alpha value is -2.48. The zero-order chi connectivity index (χ0) is 16.1. The number of nitrogens with one attached hydrogen (secondary N) is 2. The van der Waals surface area contributed by atoms with E-state index in [2.05, 4.69) is 20.5 Å². The molecule has 0 aromatic carbocycles. The molecule has 2 aromatic rings. The summed E-state index contributed by atoms with van der Waals surface area (Å²) in [6.45, 7) is 2.06. The van der Waals surface area contributed by atoms with E-state index in [9.17, 15) is 14.9 Å². The maximum atomic E-state index is 12.1. The highest BCUT2D eigenvalue weighted by molar-refractivity contribution is 6.29. The van der Waals surface area contributed by atoms with E-state index in [1.165, 1.54) is 6.20 Å². The highest BCUT2D eigenvalue weighted by atomic mass is 35.5. The van der Waals surface area contributed by atoms with Crippen LogP contribution >= 0.6 is 11.6 Å². The molecule has 2 rings (SSSR count). The summed E-state index contributed by atoms with van der Waals surface area (Å²) < 4.78 is 0. The van der Waals surface area contributed by atoms with Gasteiger partial charge in [0.05, 0.1) is 4.92 Å². The number of hydrogen-bond acceptors (Lipinski definition) is 5. The molecule has 2 aromatic heterocycles. The van der Waals surface area contributed by atoms with E-state index in [0.29, 0.717) is 23.7 Å². The van der Waals surface area contributed by atoms with Gasteiger partial charge in [-0.3, -0.25) is 20.0 Å². The van der Waals surface area contributed by atoms with E-state index in [-0.39, 0.29) is 17.9 Å². The van der Waals surface area contributed by atoms with Crippen LogP contribution in [-0.4, -0.2) is 26.0 Å². The molecule has 0 spiro atoms. The molecule has 2 heterocycles. The molecule has 0 aliphatic rings. The molecule has 8 nitrogen and oxygen atoms in total. The van der Waals surface area contributed by atoms with Crippen LogP contribution in [0.25, 0.3) is 0 Å². The SMILES string of the molecule is CCCc1[nH]nc(C(=O)NCc2ccc(Cl)nc2)c1[N+](=O)[O-]. The average Bonchev–Trinajstić information content (AvgIpc) is 2.91. The molecule has 1 amide bonds. The normalized spacial score (nSPS) is 10.5. The molecule has 9 heteroatoms. The van der Waals surface area contributed by atoms with Crippen molar-refractivity contribution in [2.24, 2.45) is 0 Å².